The normalized spacial score (nSPS) is 12.3. The Balaban J connectivity index is 1.56. The number of hydrogen-bond acceptors (Lipinski definition) is 2. The number of hydrogen-bond donors (Lipinski definition) is 1. The first-order valence-electron chi connectivity index (χ1n) is 23.7. The maximum Gasteiger partial charge on any atom is 0.139 e. The highest BCUT2D eigenvalue weighted by Gasteiger charge is 2.41. The Hall–Kier alpha value is -4.54. The zero-order valence-electron chi connectivity index (χ0n) is 42.6. The third kappa shape index (κ3) is 6.23. The molecule has 65 heavy (non-hydrogen) atoms. The first-order valence-corrected chi connectivity index (χ1v) is 23.7. The molecule has 9 aromatic rings. The Kier molecular flexibility index (Phi) is 10.9. The van der Waals surface area contributed by atoms with Gasteiger partial charge in [0.05, 0.1) is 16.7 Å². The Bertz CT molecular complexity index is 3550. The van der Waals surface area contributed by atoms with E-state index >= 15 is 0 Å². The van der Waals surface area contributed by atoms with Gasteiger partial charge in [0.2, 0.25) is 0 Å². The van der Waals surface area contributed by atoms with Gasteiger partial charge >= 0.3 is 0 Å². The van der Waals surface area contributed by atoms with E-state index in [2.05, 4.69) is 199 Å². The highest BCUT2D eigenvalue weighted by molar-refractivity contribution is 6.75. The number of imidazole rings is 1. The fourth-order valence-corrected chi connectivity index (χ4v) is 11.6. The third-order valence-electron chi connectivity index (χ3n) is 17.5. The second-order valence-corrected chi connectivity index (χ2v) is 20.9. The van der Waals surface area contributed by atoms with E-state index in [9.17, 15) is 5.11 Å². The molecular formula is C43H49B19N2O. The lowest BCUT2D eigenvalue weighted by molar-refractivity contribution is 0.189. The van der Waals surface area contributed by atoms with Crippen molar-refractivity contribution in [3.05, 3.63) is 66.5 Å². The fourth-order valence-electron chi connectivity index (χ4n) is 11.6. The van der Waals surface area contributed by atoms with E-state index in [0.717, 1.165) is 27.9 Å². The molecular weight excluding hydrogens is 766 g/mol. The van der Waals surface area contributed by atoms with Crippen LogP contribution in [-0.2, 0) is 5.21 Å². The maximum absolute atomic E-state index is 11.7. The molecule has 0 unspecified atom stereocenters. The summed E-state index contributed by atoms with van der Waals surface area (Å²) in [7, 11) is 43.3. The molecule has 8 aromatic carbocycles. The van der Waals surface area contributed by atoms with E-state index in [1.54, 1.807) is 0 Å². The number of aliphatic hydroxyl groups is 1. The minimum atomic E-state index is -1.04. The van der Waals surface area contributed by atoms with Gasteiger partial charge in [0.25, 0.3) is 0 Å². The van der Waals surface area contributed by atoms with Crippen molar-refractivity contribution in [2.75, 3.05) is 0 Å². The van der Waals surface area contributed by atoms with Gasteiger partial charge in [-0.3, -0.25) is 4.57 Å². The molecule has 9 rings (SSSR count). The lowest BCUT2D eigenvalue weighted by Gasteiger charge is -2.38. The van der Waals surface area contributed by atoms with Crippen molar-refractivity contribution in [2.24, 2.45) is 0 Å². The smallest absolute Gasteiger partial charge is 0.139 e. The van der Waals surface area contributed by atoms with Crippen molar-refractivity contribution in [3.8, 4) is 27.9 Å². The predicted octanol–water partition coefficient (Wildman–Crippen LogP) is -19.8. The summed E-state index contributed by atoms with van der Waals surface area (Å²) in [5.41, 5.74) is 28.8. The van der Waals surface area contributed by atoms with Crippen LogP contribution in [0, 0.1) is 0 Å². The van der Waals surface area contributed by atoms with Crippen molar-refractivity contribution in [1.29, 1.82) is 0 Å². The molecule has 0 atom stereocenters. The van der Waals surface area contributed by atoms with Crippen molar-refractivity contribution in [3.63, 3.8) is 0 Å². The molecule has 1 aromatic heterocycles. The minimum Gasteiger partial charge on any atom is -0.408 e. The molecule has 0 aliphatic heterocycles. The zero-order chi connectivity index (χ0) is 47.3. The number of para-hydroxylation sites is 2. The van der Waals surface area contributed by atoms with Crippen molar-refractivity contribution < 1.29 is 5.11 Å². The molecule has 3 nitrogen and oxygen atoms in total. The first-order chi connectivity index (χ1) is 30.5. The summed E-state index contributed by atoms with van der Waals surface area (Å²) < 4.78 is 2.31. The van der Waals surface area contributed by atoms with Gasteiger partial charge in [-0.1, -0.05) is 86.2 Å². The number of fused-ring (bicyclic) bond motifs is 5. The zero-order valence-corrected chi connectivity index (χ0v) is 42.6. The summed E-state index contributed by atoms with van der Waals surface area (Å²) in [5.74, 6) is 0.839. The lowest BCUT2D eigenvalue weighted by Crippen LogP contribution is -2.55. The average molecular weight is 815 g/mol. The number of nitrogens with zero attached hydrogens (tertiary/aromatic N) is 2. The standard InChI is InChI=1S/C43H49B19N2O/c44-26-19-17(13-9-10-15(12-6-2-1-5-11(12)13)64-16-8-4-3-7-14(16)63-41(64)42(59,60)43(61,62)65)20-22(30(48)38(56)36(54)27(20)45)18(21(19)29(47)37(55)35(26)53)23-24-25(32(50)34(52)28(23)46)33(51)40(58)39(57)31(24)49/h1-10,65H,44-62H2. The van der Waals surface area contributed by atoms with Crippen LogP contribution >= 0.6 is 0 Å². The highest BCUT2D eigenvalue weighted by atomic mass is 16.3. The largest absolute Gasteiger partial charge is 0.408 e. The van der Waals surface area contributed by atoms with Gasteiger partial charge in [-0.15, -0.1) is 38.2 Å². The topological polar surface area (TPSA) is 38.0 Å². The third-order valence-corrected chi connectivity index (χ3v) is 17.5. The van der Waals surface area contributed by atoms with Gasteiger partial charge in [-0.25, -0.2) is 4.98 Å². The minimum absolute atomic E-state index is 0.674. The molecule has 0 fully saturated rings. The Morgan fingerprint density at radius 2 is 0.769 bits per heavy atom. The van der Waals surface area contributed by atoms with Crippen LogP contribution in [0.2, 0.25) is 0 Å². The number of rotatable bonds is 5. The van der Waals surface area contributed by atoms with Crippen molar-refractivity contribution in [2.45, 2.75) is 10.6 Å². The summed E-state index contributed by atoms with van der Waals surface area (Å²) in [6.07, 6.45) is 0. The number of benzene rings is 8. The van der Waals surface area contributed by atoms with Crippen LogP contribution in [-0.4, -0.2) is 169 Å². The Morgan fingerprint density at radius 1 is 0.385 bits per heavy atom. The molecule has 1 N–H and O–H groups in total. The van der Waals surface area contributed by atoms with Crippen LogP contribution in [0.5, 0.6) is 0 Å². The van der Waals surface area contributed by atoms with E-state index in [-0.39, 0.29) is 0 Å². The lowest BCUT2D eigenvalue weighted by atomic mass is 9.35. The molecule has 0 amide bonds. The Labute approximate surface area is 402 Å². The molecule has 0 radical (unpaired) electrons. The molecule has 0 spiro atoms. The quantitative estimate of drug-likeness (QED) is 0.139. The molecule has 0 saturated heterocycles. The van der Waals surface area contributed by atoms with Crippen LogP contribution in [0.15, 0.2) is 60.7 Å². The van der Waals surface area contributed by atoms with Crippen LogP contribution < -0.4 is 81.9 Å². The molecule has 0 bridgehead atoms. The van der Waals surface area contributed by atoms with Gasteiger partial charge in [-0.2, -0.15) is 0 Å². The highest BCUT2D eigenvalue weighted by Crippen LogP contribution is 2.45. The summed E-state index contributed by atoms with van der Waals surface area (Å²) in [6.45, 7) is 0. The van der Waals surface area contributed by atoms with Gasteiger partial charge < -0.3 is 5.11 Å². The van der Waals surface area contributed by atoms with Crippen LogP contribution in [0.3, 0.4) is 0 Å². The van der Waals surface area contributed by atoms with E-state index in [1.807, 2.05) is 15.7 Å². The fraction of sp³-hybridized carbons (Fsp3) is 0.0465. The predicted molar refractivity (Wildman–Crippen MR) is 345 cm³/mol. The Morgan fingerprint density at radius 3 is 1.25 bits per heavy atom. The van der Waals surface area contributed by atoms with E-state index in [0.29, 0.717) is 0 Å². The summed E-state index contributed by atoms with van der Waals surface area (Å²) >= 11 is 0. The second kappa shape index (κ2) is 15.5. The van der Waals surface area contributed by atoms with Crippen molar-refractivity contribution >= 4 is 285 Å². The molecule has 0 aliphatic carbocycles. The van der Waals surface area contributed by atoms with E-state index < -0.39 is 10.6 Å². The summed E-state index contributed by atoms with van der Waals surface area (Å²) in [4.78, 5) is 5.28. The summed E-state index contributed by atoms with van der Waals surface area (Å²) in [6, 6.07) is 22.1. The van der Waals surface area contributed by atoms with Crippen LogP contribution in [0.4, 0.5) is 0 Å². The van der Waals surface area contributed by atoms with Gasteiger partial charge in [0, 0.05) is 5.39 Å². The van der Waals surface area contributed by atoms with Gasteiger partial charge in [0.15, 0.2) is 0 Å². The van der Waals surface area contributed by atoms with E-state index in [1.165, 1.54) is 142 Å². The molecule has 0 saturated carbocycles. The van der Waals surface area contributed by atoms with Crippen LogP contribution in [0.25, 0.3) is 82.1 Å². The molecule has 294 valence electrons. The van der Waals surface area contributed by atoms with Gasteiger partial charge in [0.1, 0.15) is 155 Å². The molecule has 1 heterocycles. The molecule has 0 aliphatic rings. The number of aromatic nitrogens is 2. The second-order valence-electron chi connectivity index (χ2n) is 20.9. The SMILES string of the molecule is Bc1c(B)c(B)c2c(-c3c4c(B)c(B)c(B)c(B)c4c(-c4ccc(-n5c(C(B)(B)C(B)(B)O)nc6ccccc65)c5ccccc45)c4c(B)c(B)c(B)c(B)c34)c(B)c(B)c(B)c2c1B. The monoisotopic (exact) mass is 819 g/mol. The summed E-state index contributed by atoms with van der Waals surface area (Å²) in [5, 5.41) is 20.6. The average Bonchev–Trinajstić information content (AvgIpc) is 3.68. The maximum atomic E-state index is 11.7. The van der Waals surface area contributed by atoms with E-state index in [4.69, 9.17) is 4.98 Å². The van der Waals surface area contributed by atoms with Gasteiger partial charge in [-0.05, 0) is 88.8 Å². The first kappa shape index (κ1) is 45.6. The molecule has 22 heteroatoms. The van der Waals surface area contributed by atoms with Crippen LogP contribution in [0.1, 0.15) is 5.82 Å². The van der Waals surface area contributed by atoms with Crippen molar-refractivity contribution in [1.82, 2.24) is 9.55 Å².